The molecule has 1 amide bonds. The van der Waals surface area contributed by atoms with Crippen molar-refractivity contribution in [1.29, 1.82) is 0 Å². The van der Waals surface area contributed by atoms with Crippen LogP contribution in [0, 0.1) is 12.7 Å². The molecule has 11 heteroatoms. The zero-order valence-electron chi connectivity index (χ0n) is 22.9. The second kappa shape index (κ2) is 10.9. The number of amides is 1. The van der Waals surface area contributed by atoms with Crippen molar-refractivity contribution in [3.05, 3.63) is 87.7 Å². The molecule has 0 bridgehead atoms. The van der Waals surface area contributed by atoms with Crippen LogP contribution >= 0.6 is 0 Å². The van der Waals surface area contributed by atoms with E-state index < -0.39 is 47.5 Å². The molecule has 0 aliphatic carbocycles. The van der Waals surface area contributed by atoms with Crippen molar-refractivity contribution in [3.63, 3.8) is 0 Å². The summed E-state index contributed by atoms with van der Waals surface area (Å²) < 4.78 is 107. The highest BCUT2D eigenvalue weighted by atomic mass is 19.4. The Bertz CT molecular complexity index is 1460. The lowest BCUT2D eigenvalue weighted by Crippen LogP contribution is -2.31. The first-order valence-corrected chi connectivity index (χ1v) is 12.7. The zero-order chi connectivity index (χ0) is 30.4. The Labute approximate surface area is 232 Å². The van der Waals surface area contributed by atoms with Crippen LogP contribution in [0.2, 0.25) is 0 Å². The van der Waals surface area contributed by atoms with E-state index in [2.05, 4.69) is 0 Å². The molecule has 0 aromatic heterocycles. The summed E-state index contributed by atoms with van der Waals surface area (Å²) in [7, 11) is 1.30. The molecule has 1 unspecified atom stereocenters. The summed E-state index contributed by atoms with van der Waals surface area (Å²) in [4.78, 5) is 14.1. The maximum absolute atomic E-state index is 14.7. The van der Waals surface area contributed by atoms with Crippen LogP contribution < -0.4 is 4.74 Å². The van der Waals surface area contributed by atoms with Gasteiger partial charge in [0.1, 0.15) is 17.7 Å². The van der Waals surface area contributed by atoms with E-state index in [9.17, 15) is 35.5 Å². The number of carbonyl (C=O) groups excluding carboxylic acids is 1. The van der Waals surface area contributed by atoms with Gasteiger partial charge in [-0.3, -0.25) is 4.90 Å². The number of cyclic esters (lactones) is 1. The van der Waals surface area contributed by atoms with Crippen LogP contribution in [0.4, 0.5) is 35.5 Å². The van der Waals surface area contributed by atoms with Gasteiger partial charge in [0.15, 0.2) is 0 Å². The Morgan fingerprint density at radius 1 is 0.927 bits per heavy atom. The van der Waals surface area contributed by atoms with E-state index in [0.29, 0.717) is 16.7 Å². The third-order valence-corrected chi connectivity index (χ3v) is 7.15. The maximum Gasteiger partial charge on any atom is 0.416 e. The van der Waals surface area contributed by atoms with Crippen molar-refractivity contribution in [2.75, 3.05) is 7.11 Å². The maximum atomic E-state index is 14.7. The van der Waals surface area contributed by atoms with Crippen molar-refractivity contribution in [3.8, 4) is 16.9 Å². The molecule has 4 nitrogen and oxygen atoms in total. The number of halogens is 7. The zero-order valence-corrected chi connectivity index (χ0v) is 22.9. The van der Waals surface area contributed by atoms with Gasteiger partial charge in [-0.2, -0.15) is 26.3 Å². The van der Waals surface area contributed by atoms with E-state index in [0.717, 1.165) is 30.3 Å². The lowest BCUT2D eigenvalue weighted by molar-refractivity contribution is -0.138. The van der Waals surface area contributed by atoms with Gasteiger partial charge in [-0.05, 0) is 72.4 Å². The predicted molar refractivity (Wildman–Crippen MR) is 138 cm³/mol. The summed E-state index contributed by atoms with van der Waals surface area (Å²) in [5.74, 6) is -0.699. The standard InChI is InChI=1S/C30H28F7NO3/c1-15(2)23-12-24(26(40-5)13-25(23)31)22-7-6-20(29(32,33)34)11-19(22)14-38-17(4)27(41-28(38)39)18-8-16(3)9-21(10-18)30(35,36)37/h6-13,15,17,27H,14H2,1-5H3/t17-,27?/m0/s1. The van der Waals surface area contributed by atoms with E-state index in [4.69, 9.17) is 9.47 Å². The number of hydrogen-bond donors (Lipinski definition) is 0. The van der Waals surface area contributed by atoms with Crippen LogP contribution in [-0.2, 0) is 23.6 Å². The smallest absolute Gasteiger partial charge is 0.416 e. The number of benzene rings is 3. The molecule has 0 N–H and O–H groups in total. The fourth-order valence-corrected chi connectivity index (χ4v) is 5.04. The summed E-state index contributed by atoms with van der Waals surface area (Å²) in [5, 5.41) is 0. The Morgan fingerprint density at radius 3 is 2.17 bits per heavy atom. The summed E-state index contributed by atoms with van der Waals surface area (Å²) in [6.45, 7) is 6.20. The molecule has 1 saturated heterocycles. The second-order valence-corrected chi connectivity index (χ2v) is 10.4. The SMILES string of the molecule is COc1cc(F)c(C(C)C)cc1-c1ccc(C(F)(F)F)cc1CN1C(=O)OC(c2cc(C)cc(C(F)(F)F)c2)[C@@H]1C. The van der Waals surface area contributed by atoms with Crippen molar-refractivity contribution < 1.29 is 45.0 Å². The second-order valence-electron chi connectivity index (χ2n) is 10.4. The number of ether oxygens (including phenoxy) is 2. The van der Waals surface area contributed by atoms with Crippen molar-refractivity contribution in [2.24, 2.45) is 0 Å². The molecule has 41 heavy (non-hydrogen) atoms. The first kappa shape index (κ1) is 30.2. The van der Waals surface area contributed by atoms with Gasteiger partial charge in [0.2, 0.25) is 0 Å². The molecular weight excluding hydrogens is 555 g/mol. The average Bonchev–Trinajstić information content (AvgIpc) is 3.15. The largest absolute Gasteiger partial charge is 0.496 e. The number of alkyl halides is 6. The molecule has 3 aromatic rings. The topological polar surface area (TPSA) is 38.8 Å². The van der Waals surface area contributed by atoms with E-state index in [-0.39, 0.29) is 34.9 Å². The average molecular weight is 584 g/mol. The van der Waals surface area contributed by atoms with Crippen LogP contribution in [0.25, 0.3) is 11.1 Å². The number of rotatable bonds is 6. The number of hydrogen-bond acceptors (Lipinski definition) is 3. The molecule has 0 radical (unpaired) electrons. The van der Waals surface area contributed by atoms with Crippen LogP contribution in [0.5, 0.6) is 5.75 Å². The number of carbonyl (C=O) groups is 1. The third-order valence-electron chi connectivity index (χ3n) is 7.15. The lowest BCUT2D eigenvalue weighted by atomic mass is 9.91. The molecule has 1 aliphatic rings. The molecule has 1 heterocycles. The van der Waals surface area contributed by atoms with Gasteiger partial charge in [0.25, 0.3) is 0 Å². The van der Waals surface area contributed by atoms with Gasteiger partial charge in [0.05, 0.1) is 30.8 Å². The van der Waals surface area contributed by atoms with Crippen molar-refractivity contribution >= 4 is 6.09 Å². The molecule has 4 rings (SSSR count). The molecule has 1 aliphatic heterocycles. The number of aryl methyl sites for hydroxylation is 1. The summed E-state index contributed by atoms with van der Waals surface area (Å²) in [6, 6.07) is 8.20. The van der Waals surface area contributed by atoms with Gasteiger partial charge >= 0.3 is 18.4 Å². The van der Waals surface area contributed by atoms with Gasteiger partial charge in [-0.15, -0.1) is 0 Å². The molecule has 2 atom stereocenters. The fourth-order valence-electron chi connectivity index (χ4n) is 5.04. The van der Waals surface area contributed by atoms with E-state index in [1.807, 2.05) is 0 Å². The van der Waals surface area contributed by atoms with Gasteiger partial charge in [-0.25, -0.2) is 9.18 Å². The van der Waals surface area contributed by atoms with Gasteiger partial charge in [-0.1, -0.05) is 31.5 Å². The minimum atomic E-state index is -4.70. The summed E-state index contributed by atoms with van der Waals surface area (Å²) in [6.07, 6.45) is -11.3. The van der Waals surface area contributed by atoms with Crippen LogP contribution in [0.3, 0.4) is 0 Å². The fraction of sp³-hybridized carbons (Fsp3) is 0.367. The highest BCUT2D eigenvalue weighted by Crippen LogP contribution is 2.42. The first-order chi connectivity index (χ1) is 19.0. The first-order valence-electron chi connectivity index (χ1n) is 12.7. The highest BCUT2D eigenvalue weighted by molar-refractivity contribution is 5.76. The molecule has 0 spiro atoms. The van der Waals surface area contributed by atoms with Gasteiger partial charge < -0.3 is 9.47 Å². The molecule has 1 fully saturated rings. The van der Waals surface area contributed by atoms with Crippen LogP contribution in [-0.4, -0.2) is 24.1 Å². The Kier molecular flexibility index (Phi) is 8.03. The Balaban J connectivity index is 1.79. The lowest BCUT2D eigenvalue weighted by Gasteiger charge is -2.24. The monoisotopic (exact) mass is 583 g/mol. The third kappa shape index (κ3) is 6.13. The minimum absolute atomic E-state index is 0.0733. The summed E-state index contributed by atoms with van der Waals surface area (Å²) >= 11 is 0. The van der Waals surface area contributed by atoms with Crippen molar-refractivity contribution in [1.82, 2.24) is 4.90 Å². The number of methoxy groups -OCH3 is 1. The van der Waals surface area contributed by atoms with E-state index in [1.165, 1.54) is 37.1 Å². The molecule has 0 saturated carbocycles. The summed E-state index contributed by atoms with van der Waals surface area (Å²) in [5.41, 5.74) is -0.454. The Morgan fingerprint density at radius 2 is 1.59 bits per heavy atom. The van der Waals surface area contributed by atoms with Crippen LogP contribution in [0.1, 0.15) is 66.2 Å². The number of nitrogens with zero attached hydrogens (tertiary/aromatic N) is 1. The van der Waals surface area contributed by atoms with Crippen molar-refractivity contribution in [2.45, 2.75) is 64.7 Å². The van der Waals surface area contributed by atoms with Gasteiger partial charge in [0, 0.05) is 11.6 Å². The Hall–Kier alpha value is -3.76. The highest BCUT2D eigenvalue weighted by Gasteiger charge is 2.42. The molecular formula is C30H28F7NO3. The van der Waals surface area contributed by atoms with Crippen LogP contribution in [0.15, 0.2) is 48.5 Å². The minimum Gasteiger partial charge on any atom is -0.496 e. The van der Waals surface area contributed by atoms with E-state index >= 15 is 0 Å². The molecule has 220 valence electrons. The normalized spacial score (nSPS) is 17.8. The van der Waals surface area contributed by atoms with E-state index in [1.54, 1.807) is 20.8 Å². The predicted octanol–water partition coefficient (Wildman–Crippen LogP) is 9.05. The molecule has 3 aromatic carbocycles. The quantitative estimate of drug-likeness (QED) is 0.272.